The molecule has 296 valence electrons. The number of hydrogen-bond acceptors (Lipinski definition) is 18. The lowest BCUT2D eigenvalue weighted by atomic mass is 10.3. The number of hydrazine groups is 3. The molecule has 0 aliphatic heterocycles. The topological polar surface area (TPSA) is 350 Å². The van der Waals surface area contributed by atoms with E-state index < -0.39 is 5.91 Å². The first-order chi connectivity index (χ1) is 23.0. The molecule has 0 aromatic heterocycles. The fraction of sp³-hybridized carbons (Fsp3) is 0.815. The summed E-state index contributed by atoms with van der Waals surface area (Å²) in [7, 11) is 0. The zero-order valence-electron chi connectivity index (χ0n) is 28.9. The number of aliphatic hydroxyl groups is 2. The van der Waals surface area contributed by atoms with Gasteiger partial charge in [-0.1, -0.05) is 0 Å². The van der Waals surface area contributed by atoms with Crippen molar-refractivity contribution in [3.63, 3.8) is 0 Å². The zero-order valence-corrected chi connectivity index (χ0v) is 29.7. The van der Waals surface area contributed by atoms with E-state index in [0.717, 1.165) is 0 Å². The first-order valence-corrected chi connectivity index (χ1v) is 15.2. The molecule has 0 saturated heterocycles. The molecule has 2 amide bonds. The number of carbonyl (C=O) groups excluding carboxylic acids is 5. The molecule has 0 saturated carbocycles. The van der Waals surface area contributed by atoms with E-state index in [-0.39, 0.29) is 67.5 Å². The molecule has 0 atom stereocenters. The maximum atomic E-state index is 10.7. The van der Waals surface area contributed by atoms with E-state index >= 15 is 0 Å². The first kappa shape index (κ1) is 58.9. The summed E-state index contributed by atoms with van der Waals surface area (Å²) < 4.78 is 35.1. The molecule has 0 unspecified atom stereocenters. The molecule has 14 N–H and O–H groups in total. The first-order valence-electron chi connectivity index (χ1n) is 14.6. The second-order valence-corrected chi connectivity index (χ2v) is 8.76. The molecule has 0 fully saturated rings. The van der Waals surface area contributed by atoms with Gasteiger partial charge in [0, 0.05) is 6.42 Å². The van der Waals surface area contributed by atoms with Crippen LogP contribution in [0.5, 0.6) is 0 Å². The predicted octanol–water partition coefficient (Wildman–Crippen LogP) is -4.19. The highest BCUT2D eigenvalue weighted by Crippen LogP contribution is 1.86. The summed E-state index contributed by atoms with van der Waals surface area (Å²) in [6, 6.07) is 0. The SMILES string of the molecule is CC(=O)CCOCCOCCOCC(C)=O.CC(=O)CCl.NN.NNC(=O)CCOCCOCCOCC(=O)NN.O.OCCOCCO. The monoisotopic (exact) mass is 744 g/mol. The van der Waals surface area contributed by atoms with Crippen molar-refractivity contribution < 1.29 is 72.8 Å². The summed E-state index contributed by atoms with van der Waals surface area (Å²) in [5.41, 5.74) is 3.93. The van der Waals surface area contributed by atoms with Crippen molar-refractivity contribution in [2.75, 3.05) is 112 Å². The Labute approximate surface area is 293 Å². The average molecular weight is 745 g/mol. The van der Waals surface area contributed by atoms with Crippen molar-refractivity contribution in [3.05, 3.63) is 0 Å². The Kier molecular flexibility index (Phi) is 66.2. The fourth-order valence-corrected chi connectivity index (χ4v) is 1.99. The molecule has 0 heterocycles. The third kappa shape index (κ3) is 76.8. The lowest BCUT2D eigenvalue weighted by molar-refractivity contribution is -0.126. The number of alkyl halides is 1. The van der Waals surface area contributed by atoms with Crippen LogP contribution in [0.4, 0.5) is 0 Å². The van der Waals surface area contributed by atoms with Crippen LogP contribution in [0.3, 0.4) is 0 Å². The van der Waals surface area contributed by atoms with Gasteiger partial charge in [-0.05, 0) is 20.8 Å². The summed E-state index contributed by atoms with van der Waals surface area (Å²) in [4.78, 5) is 52.1. The lowest BCUT2D eigenvalue weighted by Gasteiger charge is -2.06. The summed E-state index contributed by atoms with van der Waals surface area (Å²) in [5, 5.41) is 16.2. The maximum absolute atomic E-state index is 10.7. The Morgan fingerprint density at radius 3 is 1.16 bits per heavy atom. The minimum atomic E-state index is -0.392. The van der Waals surface area contributed by atoms with Crippen LogP contribution in [0.1, 0.15) is 33.6 Å². The predicted molar refractivity (Wildman–Crippen MR) is 179 cm³/mol. The molecule has 21 nitrogen and oxygen atoms in total. The van der Waals surface area contributed by atoms with Crippen LogP contribution in [0.25, 0.3) is 0 Å². The van der Waals surface area contributed by atoms with Gasteiger partial charge in [-0.3, -0.25) is 46.5 Å². The largest absolute Gasteiger partial charge is 0.412 e. The normalized spacial score (nSPS) is 9.35. The van der Waals surface area contributed by atoms with Crippen LogP contribution in [0.2, 0.25) is 0 Å². The van der Waals surface area contributed by atoms with E-state index in [2.05, 4.69) is 16.4 Å². The standard InChI is InChI=1S/C11H20O5.C9H20N4O5.C4H10O3.C3H5ClO.H4N2.H2O/c1-10(12)3-4-14-5-6-15-7-8-16-9-11(2)13;10-12-8(14)1-2-16-3-4-17-5-6-18-7-9(15)13-11;5-1-3-7-4-2-6;1-3(5)2-4;1-2;/h3-9H2,1-2H3;1-7,10-11H2,(H,12,14)(H,13,15);5-6H,1-4H2;2H2,1H3;1-2H2;1H2. The number of carbonyl (C=O) groups is 5. The fourth-order valence-electron chi connectivity index (χ4n) is 1.99. The molecule has 49 heavy (non-hydrogen) atoms. The van der Waals surface area contributed by atoms with E-state index in [4.69, 9.17) is 61.9 Å². The van der Waals surface area contributed by atoms with Crippen LogP contribution in [-0.4, -0.2) is 156 Å². The smallest absolute Gasteiger partial charge is 0.259 e. The zero-order chi connectivity index (χ0) is 37.7. The molecule has 0 aliphatic carbocycles. The van der Waals surface area contributed by atoms with Gasteiger partial charge in [-0.15, -0.1) is 11.6 Å². The van der Waals surface area contributed by atoms with E-state index in [0.29, 0.717) is 85.7 Å². The number of rotatable bonds is 27. The van der Waals surface area contributed by atoms with Gasteiger partial charge in [0.25, 0.3) is 5.91 Å². The molecule has 0 radical (unpaired) electrons. The Hall–Kier alpha value is -2.32. The summed E-state index contributed by atoms with van der Waals surface area (Å²) >= 11 is 4.99. The number of hydrogen-bond donors (Lipinski definition) is 8. The van der Waals surface area contributed by atoms with E-state index in [9.17, 15) is 24.0 Å². The molecule has 0 aliphatic rings. The van der Waals surface area contributed by atoms with Gasteiger partial charge in [-0.25, -0.2) is 11.7 Å². The van der Waals surface area contributed by atoms with Crippen LogP contribution in [0.15, 0.2) is 0 Å². The number of ketones is 3. The Morgan fingerprint density at radius 1 is 0.510 bits per heavy atom. The Balaban J connectivity index is -0.000000135. The molecule has 0 rings (SSSR count). The van der Waals surface area contributed by atoms with Gasteiger partial charge in [0.05, 0.1) is 105 Å². The molecule has 0 bridgehead atoms. The van der Waals surface area contributed by atoms with Gasteiger partial charge in [0.2, 0.25) is 5.91 Å². The average Bonchev–Trinajstić information content (AvgIpc) is 3.07. The van der Waals surface area contributed by atoms with E-state index in [1.165, 1.54) is 20.8 Å². The van der Waals surface area contributed by atoms with Crippen molar-refractivity contribution in [1.29, 1.82) is 0 Å². The summed E-state index contributed by atoms with van der Waals surface area (Å²) in [6.45, 7) is 9.15. The second kappa shape index (κ2) is 55.1. The second-order valence-electron chi connectivity index (χ2n) is 8.49. The van der Waals surface area contributed by atoms with Crippen LogP contribution in [-0.2, 0) is 57.1 Å². The van der Waals surface area contributed by atoms with Crippen molar-refractivity contribution in [2.45, 2.75) is 33.6 Å². The van der Waals surface area contributed by atoms with Crippen molar-refractivity contribution in [3.8, 4) is 0 Å². The number of nitrogens with one attached hydrogen (secondary N) is 2. The van der Waals surface area contributed by atoms with Crippen LogP contribution in [0, 0.1) is 0 Å². The van der Waals surface area contributed by atoms with Gasteiger partial charge >= 0.3 is 0 Å². The van der Waals surface area contributed by atoms with Gasteiger partial charge in [0.15, 0.2) is 5.78 Å². The molecular weight excluding hydrogens is 684 g/mol. The van der Waals surface area contributed by atoms with Gasteiger partial charge in [0.1, 0.15) is 24.8 Å². The molecule has 0 aromatic rings. The number of halogens is 1. The molecule has 0 aromatic carbocycles. The van der Waals surface area contributed by atoms with Gasteiger partial charge < -0.3 is 48.8 Å². The molecule has 22 heteroatoms. The Morgan fingerprint density at radius 2 is 0.837 bits per heavy atom. The van der Waals surface area contributed by atoms with Crippen molar-refractivity contribution in [2.24, 2.45) is 23.4 Å². The minimum Gasteiger partial charge on any atom is -0.412 e. The minimum absolute atomic E-state index is 0. The van der Waals surface area contributed by atoms with Crippen molar-refractivity contribution >= 4 is 40.8 Å². The molecular formula is C27H61ClN6O15. The quantitative estimate of drug-likeness (QED) is 0.0130. The van der Waals surface area contributed by atoms with Gasteiger partial charge in [-0.2, -0.15) is 0 Å². The highest BCUT2D eigenvalue weighted by molar-refractivity contribution is 6.27. The van der Waals surface area contributed by atoms with E-state index in [1.807, 2.05) is 10.9 Å². The van der Waals surface area contributed by atoms with Crippen LogP contribution < -0.4 is 34.2 Å². The van der Waals surface area contributed by atoms with Crippen molar-refractivity contribution in [1.82, 2.24) is 10.9 Å². The number of nitrogens with two attached hydrogens (primary N) is 4. The number of ether oxygens (including phenoxy) is 7. The summed E-state index contributed by atoms with van der Waals surface area (Å²) in [6.07, 6.45) is 0.662. The number of aliphatic hydroxyl groups excluding tert-OH is 2. The third-order valence-electron chi connectivity index (χ3n) is 4.08. The summed E-state index contributed by atoms with van der Waals surface area (Å²) in [5.74, 6) is 17.4. The highest BCUT2D eigenvalue weighted by Gasteiger charge is 1.99. The number of amides is 2. The maximum Gasteiger partial charge on any atom is 0.259 e. The van der Waals surface area contributed by atoms with Crippen LogP contribution >= 0.6 is 11.6 Å². The van der Waals surface area contributed by atoms with E-state index in [1.54, 1.807) is 0 Å². The molecule has 0 spiro atoms. The number of Topliss-reactive ketones (excluding diaryl/α,β-unsaturated/α-hetero) is 3. The third-order valence-corrected chi connectivity index (χ3v) is 4.46. The Bertz CT molecular complexity index is 682. The lowest BCUT2D eigenvalue weighted by Crippen LogP contribution is -2.33. The highest BCUT2D eigenvalue weighted by atomic mass is 35.5.